The summed E-state index contributed by atoms with van der Waals surface area (Å²) in [5.41, 5.74) is -0.565. The lowest BCUT2D eigenvalue weighted by molar-refractivity contribution is -0.387. The van der Waals surface area contributed by atoms with E-state index in [0.717, 1.165) is 0 Å². The number of benzene rings is 1. The molecule has 1 aromatic heterocycles. The third-order valence-corrected chi connectivity index (χ3v) is 3.04. The first-order chi connectivity index (χ1) is 9.88. The molecule has 110 valence electrons. The van der Waals surface area contributed by atoms with E-state index in [1.54, 1.807) is 0 Å². The summed E-state index contributed by atoms with van der Waals surface area (Å²) in [5.74, 6) is -2.72. The summed E-state index contributed by atoms with van der Waals surface area (Å²) in [4.78, 5) is 13.2. The van der Waals surface area contributed by atoms with Crippen LogP contribution < -0.4 is 4.74 Å². The number of rotatable bonds is 4. The Bertz CT molecular complexity index is 713. The number of ether oxygens (including phenoxy) is 1. The van der Waals surface area contributed by atoms with Gasteiger partial charge in [0.05, 0.1) is 16.0 Å². The van der Waals surface area contributed by atoms with Crippen LogP contribution in [0.1, 0.15) is 5.56 Å². The summed E-state index contributed by atoms with van der Waals surface area (Å²) in [6.45, 7) is -0.197. The van der Waals surface area contributed by atoms with E-state index in [-0.39, 0.29) is 16.8 Å². The van der Waals surface area contributed by atoms with Crippen molar-refractivity contribution in [1.29, 1.82) is 0 Å². The summed E-state index contributed by atoms with van der Waals surface area (Å²) in [5, 5.41) is 10.9. The van der Waals surface area contributed by atoms with Crippen LogP contribution in [0.4, 0.5) is 14.5 Å². The van der Waals surface area contributed by atoms with E-state index in [2.05, 4.69) is 4.98 Å². The molecule has 0 aliphatic heterocycles. The summed E-state index contributed by atoms with van der Waals surface area (Å²) in [6, 6.07) is 2.42. The van der Waals surface area contributed by atoms with E-state index in [4.69, 9.17) is 27.9 Å². The van der Waals surface area contributed by atoms with Gasteiger partial charge in [-0.3, -0.25) is 10.1 Å². The van der Waals surface area contributed by atoms with Gasteiger partial charge in [-0.15, -0.1) is 0 Å². The molecule has 0 amide bonds. The minimum Gasteiger partial charge on any atom is -0.486 e. The number of nitro groups is 1. The Hall–Kier alpha value is -1.99. The predicted molar refractivity (Wildman–Crippen MR) is 71.6 cm³/mol. The van der Waals surface area contributed by atoms with Gasteiger partial charge in [0, 0.05) is 17.8 Å². The first-order valence-electron chi connectivity index (χ1n) is 5.44. The van der Waals surface area contributed by atoms with Crippen LogP contribution in [-0.2, 0) is 6.61 Å². The number of nitro benzene ring substituents is 1. The molecule has 0 bridgehead atoms. The second-order valence-electron chi connectivity index (χ2n) is 3.88. The molecule has 0 radical (unpaired) electrons. The SMILES string of the molecule is O=[N+]([O-])c1cc(F)c(OCc2cnc(Cl)cc2Cl)cc1F. The van der Waals surface area contributed by atoms with E-state index in [1.165, 1.54) is 12.3 Å². The molecule has 0 fully saturated rings. The van der Waals surface area contributed by atoms with E-state index in [1.807, 2.05) is 0 Å². The summed E-state index contributed by atoms with van der Waals surface area (Å²) in [6.07, 6.45) is 1.32. The van der Waals surface area contributed by atoms with Gasteiger partial charge in [-0.1, -0.05) is 23.2 Å². The van der Waals surface area contributed by atoms with Gasteiger partial charge in [-0.25, -0.2) is 9.37 Å². The molecule has 1 aromatic carbocycles. The van der Waals surface area contributed by atoms with Crippen LogP contribution in [0.3, 0.4) is 0 Å². The van der Waals surface area contributed by atoms with Crippen LogP contribution in [0.25, 0.3) is 0 Å². The molecule has 1 heterocycles. The normalized spacial score (nSPS) is 10.5. The highest BCUT2D eigenvalue weighted by molar-refractivity contribution is 6.34. The molecule has 0 aliphatic rings. The third kappa shape index (κ3) is 3.56. The highest BCUT2D eigenvalue weighted by Crippen LogP contribution is 2.28. The van der Waals surface area contributed by atoms with Crippen molar-refractivity contribution >= 4 is 28.9 Å². The molecular formula is C12H6Cl2F2N2O3. The zero-order valence-corrected chi connectivity index (χ0v) is 11.7. The van der Waals surface area contributed by atoms with E-state index in [9.17, 15) is 18.9 Å². The number of aromatic nitrogens is 1. The Morgan fingerprint density at radius 1 is 1.24 bits per heavy atom. The average molecular weight is 335 g/mol. The number of hydrogen-bond donors (Lipinski definition) is 0. The van der Waals surface area contributed by atoms with E-state index < -0.39 is 28.0 Å². The first kappa shape index (κ1) is 15.4. The zero-order chi connectivity index (χ0) is 15.6. The Labute approximate surface area is 127 Å². The fraction of sp³-hybridized carbons (Fsp3) is 0.0833. The molecule has 5 nitrogen and oxygen atoms in total. The molecule has 0 aliphatic carbocycles. The lowest BCUT2D eigenvalue weighted by Crippen LogP contribution is -2.01. The summed E-state index contributed by atoms with van der Waals surface area (Å²) in [7, 11) is 0. The summed E-state index contributed by atoms with van der Waals surface area (Å²) < 4.78 is 32.0. The van der Waals surface area contributed by atoms with Gasteiger partial charge < -0.3 is 4.74 Å². The van der Waals surface area contributed by atoms with Crippen LogP contribution in [0.5, 0.6) is 5.75 Å². The van der Waals surface area contributed by atoms with Crippen molar-refractivity contribution < 1.29 is 18.4 Å². The Kier molecular flexibility index (Phi) is 4.54. The van der Waals surface area contributed by atoms with Gasteiger partial charge in [0.2, 0.25) is 5.82 Å². The van der Waals surface area contributed by atoms with Gasteiger partial charge >= 0.3 is 5.69 Å². The van der Waals surface area contributed by atoms with E-state index in [0.29, 0.717) is 17.7 Å². The minimum atomic E-state index is -1.20. The van der Waals surface area contributed by atoms with Crippen LogP contribution in [-0.4, -0.2) is 9.91 Å². The molecule has 2 rings (SSSR count). The van der Waals surface area contributed by atoms with Gasteiger partial charge in [0.1, 0.15) is 11.8 Å². The second-order valence-corrected chi connectivity index (χ2v) is 4.67. The van der Waals surface area contributed by atoms with Crippen molar-refractivity contribution in [1.82, 2.24) is 4.98 Å². The molecule has 2 aromatic rings. The Balaban J connectivity index is 2.20. The average Bonchev–Trinajstić information content (AvgIpc) is 2.40. The topological polar surface area (TPSA) is 65.3 Å². The van der Waals surface area contributed by atoms with Crippen molar-refractivity contribution in [2.45, 2.75) is 6.61 Å². The number of halogens is 4. The zero-order valence-electron chi connectivity index (χ0n) is 10.1. The second kappa shape index (κ2) is 6.19. The number of pyridine rings is 1. The van der Waals surface area contributed by atoms with Crippen LogP contribution in [0.2, 0.25) is 10.2 Å². The van der Waals surface area contributed by atoms with Crippen molar-refractivity contribution in [2.75, 3.05) is 0 Å². The summed E-state index contributed by atoms with van der Waals surface area (Å²) >= 11 is 11.5. The van der Waals surface area contributed by atoms with Crippen LogP contribution in [0, 0.1) is 21.7 Å². The number of hydrogen-bond acceptors (Lipinski definition) is 4. The Morgan fingerprint density at radius 2 is 1.95 bits per heavy atom. The van der Waals surface area contributed by atoms with Gasteiger partial charge in [-0.2, -0.15) is 4.39 Å². The van der Waals surface area contributed by atoms with Crippen molar-refractivity contribution in [3.8, 4) is 5.75 Å². The van der Waals surface area contributed by atoms with Crippen molar-refractivity contribution in [3.63, 3.8) is 0 Å². The van der Waals surface area contributed by atoms with Gasteiger partial charge in [0.25, 0.3) is 0 Å². The maximum Gasteiger partial charge on any atom is 0.307 e. The minimum absolute atomic E-state index is 0.177. The molecule has 0 saturated carbocycles. The first-order valence-corrected chi connectivity index (χ1v) is 6.20. The van der Waals surface area contributed by atoms with E-state index >= 15 is 0 Å². The fourth-order valence-electron chi connectivity index (χ4n) is 1.47. The molecule has 0 N–H and O–H groups in total. The maximum absolute atomic E-state index is 13.6. The Morgan fingerprint density at radius 3 is 2.57 bits per heavy atom. The third-order valence-electron chi connectivity index (χ3n) is 2.48. The highest BCUT2D eigenvalue weighted by atomic mass is 35.5. The molecule has 0 unspecified atom stereocenters. The van der Waals surface area contributed by atoms with Gasteiger partial charge in [-0.05, 0) is 6.07 Å². The quantitative estimate of drug-likeness (QED) is 0.478. The lowest BCUT2D eigenvalue weighted by atomic mass is 10.2. The van der Waals surface area contributed by atoms with Crippen LogP contribution in [0.15, 0.2) is 24.4 Å². The molecule has 21 heavy (non-hydrogen) atoms. The van der Waals surface area contributed by atoms with Crippen molar-refractivity contribution in [3.05, 3.63) is 61.9 Å². The van der Waals surface area contributed by atoms with Crippen LogP contribution >= 0.6 is 23.2 Å². The molecule has 0 atom stereocenters. The standard InChI is InChI=1S/C12H6Cl2F2N2O3/c13-7-1-12(14)17-4-6(7)5-21-11-3-8(15)10(18(19)20)2-9(11)16/h1-4H,5H2. The van der Waals surface area contributed by atoms with Gasteiger partial charge in [0.15, 0.2) is 11.6 Å². The smallest absolute Gasteiger partial charge is 0.307 e. The molecule has 0 spiro atoms. The van der Waals surface area contributed by atoms with Crippen molar-refractivity contribution in [2.24, 2.45) is 0 Å². The highest BCUT2D eigenvalue weighted by Gasteiger charge is 2.19. The maximum atomic E-state index is 13.6. The fourth-order valence-corrected chi connectivity index (χ4v) is 1.89. The predicted octanol–water partition coefficient (Wildman–Crippen LogP) is 4.15. The number of nitrogens with zero attached hydrogens (tertiary/aromatic N) is 2. The monoisotopic (exact) mass is 334 g/mol. The largest absolute Gasteiger partial charge is 0.486 e. The molecule has 0 saturated heterocycles. The molecule has 9 heteroatoms. The molecular weight excluding hydrogens is 329 g/mol. The lowest BCUT2D eigenvalue weighted by Gasteiger charge is -2.08.